The molecule has 0 fully saturated rings. The Morgan fingerprint density at radius 3 is 2.59 bits per heavy atom. The van der Waals surface area contributed by atoms with E-state index < -0.39 is 16.0 Å². The number of nitrogens with zero attached hydrogens (tertiary/aromatic N) is 3. The third-order valence-corrected chi connectivity index (χ3v) is 6.71. The van der Waals surface area contributed by atoms with Crippen LogP contribution in [0.2, 0.25) is 0 Å². The van der Waals surface area contributed by atoms with E-state index in [1.54, 1.807) is 37.3 Å². The minimum Gasteiger partial charge on any atom is -0.462 e. The predicted octanol–water partition coefficient (Wildman–Crippen LogP) is 4.01. The first kappa shape index (κ1) is 23.0. The Kier molecular flexibility index (Phi) is 6.34. The minimum absolute atomic E-state index is 0.0410. The highest BCUT2D eigenvalue weighted by Crippen LogP contribution is 2.24. The monoisotopic (exact) mass is 474 g/mol. The molecule has 0 aliphatic rings. The number of imidazole rings is 1. The van der Waals surface area contributed by atoms with Gasteiger partial charge in [0.15, 0.2) is 0 Å². The van der Waals surface area contributed by atoms with Crippen LogP contribution in [0.15, 0.2) is 71.6 Å². The molecule has 0 amide bonds. The zero-order valence-electron chi connectivity index (χ0n) is 18.6. The lowest BCUT2D eigenvalue weighted by atomic mass is 10.1. The normalized spacial score (nSPS) is 11.2. The molecule has 0 saturated heterocycles. The van der Waals surface area contributed by atoms with Gasteiger partial charge in [0.05, 0.1) is 45.4 Å². The number of aryl methyl sites for hydroxylation is 1. The molecule has 3 aromatic carbocycles. The first-order chi connectivity index (χ1) is 16.3. The lowest BCUT2D eigenvalue weighted by Crippen LogP contribution is -2.14. The van der Waals surface area contributed by atoms with Crippen molar-refractivity contribution in [2.45, 2.75) is 18.2 Å². The molecule has 1 N–H and O–H groups in total. The van der Waals surface area contributed by atoms with Crippen LogP contribution in [-0.2, 0) is 28.2 Å². The number of fused-ring (bicyclic) bond motifs is 1. The fourth-order valence-corrected chi connectivity index (χ4v) is 4.66. The fourth-order valence-electron chi connectivity index (χ4n) is 3.57. The fraction of sp³-hybridized carbons (Fsp3) is 0.160. The van der Waals surface area contributed by atoms with Gasteiger partial charge in [-0.2, -0.15) is 5.26 Å². The second-order valence-electron chi connectivity index (χ2n) is 7.63. The first-order valence-electron chi connectivity index (χ1n) is 10.5. The van der Waals surface area contributed by atoms with E-state index in [9.17, 15) is 13.2 Å². The molecule has 0 unspecified atom stereocenters. The molecule has 1 aromatic heterocycles. The molecule has 9 heteroatoms. The number of ether oxygens (including phenoxy) is 1. The molecule has 0 bridgehead atoms. The smallest absolute Gasteiger partial charge is 0.338 e. The number of carbonyl (C=O) groups is 1. The number of sulfonamides is 1. The second-order valence-corrected chi connectivity index (χ2v) is 9.31. The van der Waals surface area contributed by atoms with Gasteiger partial charge in [-0.15, -0.1) is 0 Å². The summed E-state index contributed by atoms with van der Waals surface area (Å²) in [4.78, 5) is 16.6. The Balaban J connectivity index is 1.58. The van der Waals surface area contributed by atoms with Crippen molar-refractivity contribution in [1.29, 1.82) is 5.26 Å². The van der Waals surface area contributed by atoms with E-state index in [0.29, 0.717) is 23.2 Å². The van der Waals surface area contributed by atoms with E-state index >= 15 is 0 Å². The number of anilines is 1. The van der Waals surface area contributed by atoms with Crippen molar-refractivity contribution in [3.05, 3.63) is 89.2 Å². The maximum atomic E-state index is 12.9. The number of rotatable bonds is 7. The average Bonchev–Trinajstić information content (AvgIpc) is 3.14. The summed E-state index contributed by atoms with van der Waals surface area (Å²) < 4.78 is 35.3. The van der Waals surface area contributed by atoms with Crippen LogP contribution in [0.5, 0.6) is 0 Å². The highest BCUT2D eigenvalue weighted by atomic mass is 32.2. The standard InChI is InChI=1S/C25H22N4O4S/c1-3-33-25(30)19-5-4-6-21(14-19)34(31,32)28-20-11-12-23-22(15-20)27-24(29(23)2)13-17-7-9-18(16-26)10-8-17/h4-12,14-15,28H,3,13H2,1-2H3. The molecule has 0 spiro atoms. The molecule has 0 aliphatic carbocycles. The van der Waals surface area contributed by atoms with Gasteiger partial charge < -0.3 is 9.30 Å². The quantitative estimate of drug-likeness (QED) is 0.405. The van der Waals surface area contributed by atoms with Crippen molar-refractivity contribution in [2.24, 2.45) is 7.05 Å². The van der Waals surface area contributed by atoms with Crippen molar-refractivity contribution in [1.82, 2.24) is 9.55 Å². The number of carbonyl (C=O) groups excluding carboxylic acids is 1. The zero-order valence-corrected chi connectivity index (χ0v) is 19.5. The molecule has 4 rings (SSSR count). The molecular formula is C25H22N4O4S. The zero-order chi connectivity index (χ0) is 24.3. The third kappa shape index (κ3) is 4.77. The van der Waals surface area contributed by atoms with Crippen LogP contribution < -0.4 is 4.72 Å². The molecule has 8 nitrogen and oxygen atoms in total. The Morgan fingerprint density at radius 1 is 1.12 bits per heavy atom. The predicted molar refractivity (Wildman–Crippen MR) is 128 cm³/mol. The minimum atomic E-state index is -3.93. The van der Waals surface area contributed by atoms with Crippen LogP contribution >= 0.6 is 0 Å². The van der Waals surface area contributed by atoms with Gasteiger partial charge in [-0.3, -0.25) is 4.72 Å². The van der Waals surface area contributed by atoms with Crippen LogP contribution in [0.25, 0.3) is 11.0 Å². The Hall–Kier alpha value is -4.16. The number of hydrogen-bond acceptors (Lipinski definition) is 6. The van der Waals surface area contributed by atoms with Gasteiger partial charge in [0.2, 0.25) is 0 Å². The molecule has 4 aromatic rings. The average molecular weight is 475 g/mol. The van der Waals surface area contributed by atoms with E-state index in [-0.39, 0.29) is 17.1 Å². The van der Waals surface area contributed by atoms with Crippen molar-refractivity contribution in [3.8, 4) is 6.07 Å². The third-order valence-electron chi connectivity index (χ3n) is 5.33. The molecule has 0 radical (unpaired) electrons. The molecule has 172 valence electrons. The number of nitrogens with one attached hydrogen (secondary N) is 1. The lowest BCUT2D eigenvalue weighted by Gasteiger charge is -2.09. The van der Waals surface area contributed by atoms with Gasteiger partial charge >= 0.3 is 5.97 Å². The molecule has 34 heavy (non-hydrogen) atoms. The summed E-state index contributed by atoms with van der Waals surface area (Å²) in [6, 6.07) is 20.3. The SMILES string of the molecule is CCOC(=O)c1cccc(S(=O)(=O)Nc2ccc3c(c2)nc(Cc2ccc(C#N)cc2)n3C)c1. The summed E-state index contributed by atoms with van der Waals surface area (Å²) in [7, 11) is -2.03. The van der Waals surface area contributed by atoms with E-state index in [4.69, 9.17) is 10.00 Å². The molecular weight excluding hydrogens is 452 g/mol. The van der Waals surface area contributed by atoms with E-state index in [2.05, 4.69) is 15.8 Å². The van der Waals surface area contributed by atoms with Crippen molar-refractivity contribution in [3.63, 3.8) is 0 Å². The maximum absolute atomic E-state index is 12.9. The van der Waals surface area contributed by atoms with Crippen LogP contribution in [-0.4, -0.2) is 30.5 Å². The van der Waals surface area contributed by atoms with Gasteiger partial charge in [-0.25, -0.2) is 18.2 Å². The topological polar surface area (TPSA) is 114 Å². The largest absolute Gasteiger partial charge is 0.462 e. The summed E-state index contributed by atoms with van der Waals surface area (Å²) in [6.45, 7) is 1.88. The van der Waals surface area contributed by atoms with Gasteiger partial charge in [-0.1, -0.05) is 18.2 Å². The number of hydrogen-bond donors (Lipinski definition) is 1. The summed E-state index contributed by atoms with van der Waals surface area (Å²) in [5.74, 6) is 0.228. The van der Waals surface area contributed by atoms with Crippen LogP contribution in [0.4, 0.5) is 5.69 Å². The Labute approximate surface area is 197 Å². The number of nitriles is 1. The molecule has 1 heterocycles. The van der Waals surface area contributed by atoms with Crippen LogP contribution in [0, 0.1) is 11.3 Å². The number of esters is 1. The summed E-state index contributed by atoms with van der Waals surface area (Å²) in [5.41, 5.74) is 3.63. The van der Waals surface area contributed by atoms with Gasteiger partial charge in [-0.05, 0) is 61.0 Å². The number of aromatic nitrogens is 2. The lowest BCUT2D eigenvalue weighted by molar-refractivity contribution is 0.0526. The Bertz CT molecular complexity index is 1520. The molecule has 0 aliphatic heterocycles. The van der Waals surface area contributed by atoms with E-state index in [0.717, 1.165) is 16.9 Å². The first-order valence-corrected chi connectivity index (χ1v) is 12.0. The summed E-state index contributed by atoms with van der Waals surface area (Å²) in [5, 5.41) is 8.96. The van der Waals surface area contributed by atoms with Gasteiger partial charge in [0.1, 0.15) is 5.82 Å². The second kappa shape index (κ2) is 9.37. The van der Waals surface area contributed by atoms with Crippen molar-refractivity contribution >= 4 is 32.7 Å². The van der Waals surface area contributed by atoms with Crippen molar-refractivity contribution in [2.75, 3.05) is 11.3 Å². The number of benzene rings is 3. The van der Waals surface area contributed by atoms with E-state index in [1.165, 1.54) is 24.3 Å². The van der Waals surface area contributed by atoms with Crippen LogP contribution in [0.3, 0.4) is 0 Å². The Morgan fingerprint density at radius 2 is 1.88 bits per heavy atom. The van der Waals surface area contributed by atoms with Crippen molar-refractivity contribution < 1.29 is 17.9 Å². The molecule has 0 atom stereocenters. The highest BCUT2D eigenvalue weighted by Gasteiger charge is 2.18. The van der Waals surface area contributed by atoms with Gasteiger partial charge in [0, 0.05) is 13.5 Å². The van der Waals surface area contributed by atoms with Gasteiger partial charge in [0.25, 0.3) is 10.0 Å². The summed E-state index contributed by atoms with van der Waals surface area (Å²) >= 11 is 0. The summed E-state index contributed by atoms with van der Waals surface area (Å²) in [6.07, 6.45) is 0.568. The van der Waals surface area contributed by atoms with E-state index in [1.807, 2.05) is 23.7 Å². The maximum Gasteiger partial charge on any atom is 0.338 e. The van der Waals surface area contributed by atoms with Crippen LogP contribution in [0.1, 0.15) is 34.2 Å². The highest BCUT2D eigenvalue weighted by molar-refractivity contribution is 7.92. The molecule has 0 saturated carbocycles.